The highest BCUT2D eigenvalue weighted by Gasteiger charge is 2.42. The van der Waals surface area contributed by atoms with E-state index >= 15 is 0 Å². The number of nitrogens with one attached hydrogen (secondary N) is 3. The van der Waals surface area contributed by atoms with E-state index in [9.17, 15) is 0 Å². The lowest BCUT2D eigenvalue weighted by atomic mass is 9.74. The standard InChI is InChI=1S/C14H25N3S/c1-2-10-9-17-6-5-11(10)7-13(17)8-15-14(18)16-12-3-4-12/h10-13H,2-9H2,1H3,(H2,15,16,18)/p+1/t10-,11-,13+/m0/s1. The van der Waals surface area contributed by atoms with Crippen molar-refractivity contribution in [2.45, 2.75) is 51.1 Å². The predicted octanol–water partition coefficient (Wildman–Crippen LogP) is 0.316. The lowest BCUT2D eigenvalue weighted by Crippen LogP contribution is -3.20. The number of thiocarbonyl (C=S) groups is 1. The lowest BCUT2D eigenvalue weighted by Gasteiger charge is -2.46. The molecule has 4 aliphatic rings. The summed E-state index contributed by atoms with van der Waals surface area (Å²) < 4.78 is 0. The maximum absolute atomic E-state index is 5.34. The Morgan fingerprint density at radius 1 is 1.33 bits per heavy atom. The summed E-state index contributed by atoms with van der Waals surface area (Å²) in [6.45, 7) is 6.21. The highest BCUT2D eigenvalue weighted by atomic mass is 32.1. The molecule has 1 unspecified atom stereocenters. The van der Waals surface area contributed by atoms with Gasteiger partial charge in [-0.2, -0.15) is 0 Å². The van der Waals surface area contributed by atoms with Crippen LogP contribution >= 0.6 is 12.2 Å². The van der Waals surface area contributed by atoms with Crippen LogP contribution in [0, 0.1) is 11.8 Å². The first-order valence-electron chi connectivity index (χ1n) is 7.65. The van der Waals surface area contributed by atoms with E-state index < -0.39 is 0 Å². The Bertz CT molecular complexity index is 316. The Kier molecular flexibility index (Phi) is 3.76. The molecule has 0 radical (unpaired) electrons. The smallest absolute Gasteiger partial charge is 0.166 e. The number of fused-ring (bicyclic) bond motifs is 3. The van der Waals surface area contributed by atoms with E-state index in [0.717, 1.165) is 29.5 Å². The van der Waals surface area contributed by atoms with Gasteiger partial charge in [-0.05, 0) is 37.4 Å². The van der Waals surface area contributed by atoms with Crippen LogP contribution in [0.1, 0.15) is 39.0 Å². The first kappa shape index (κ1) is 12.7. The van der Waals surface area contributed by atoms with Gasteiger partial charge in [0.25, 0.3) is 0 Å². The minimum absolute atomic E-state index is 0.671. The topological polar surface area (TPSA) is 28.5 Å². The van der Waals surface area contributed by atoms with Crippen molar-refractivity contribution in [3.05, 3.63) is 0 Å². The second-order valence-corrected chi connectivity index (χ2v) is 6.80. The normalized spacial score (nSPS) is 38.5. The number of hydrogen-bond acceptors (Lipinski definition) is 1. The van der Waals surface area contributed by atoms with E-state index in [4.69, 9.17) is 12.2 Å². The fourth-order valence-corrected chi connectivity index (χ4v) is 4.06. The summed E-state index contributed by atoms with van der Waals surface area (Å²) in [6.07, 6.45) is 6.82. The third-order valence-electron chi connectivity index (χ3n) is 5.14. The molecule has 18 heavy (non-hydrogen) atoms. The Morgan fingerprint density at radius 3 is 2.78 bits per heavy atom. The number of quaternary nitrogens is 1. The highest BCUT2D eigenvalue weighted by molar-refractivity contribution is 7.80. The summed E-state index contributed by atoms with van der Waals surface area (Å²) in [4.78, 5) is 1.83. The average Bonchev–Trinajstić information content (AvgIpc) is 3.21. The van der Waals surface area contributed by atoms with Crippen LogP contribution < -0.4 is 15.5 Å². The van der Waals surface area contributed by atoms with Crippen LogP contribution in [-0.4, -0.2) is 36.8 Å². The van der Waals surface area contributed by atoms with E-state index in [2.05, 4.69) is 17.6 Å². The van der Waals surface area contributed by atoms with Crippen LogP contribution in [0.4, 0.5) is 0 Å². The lowest BCUT2D eigenvalue weighted by molar-refractivity contribution is -0.945. The maximum atomic E-state index is 5.34. The zero-order chi connectivity index (χ0) is 12.5. The van der Waals surface area contributed by atoms with E-state index in [-0.39, 0.29) is 0 Å². The van der Waals surface area contributed by atoms with Gasteiger partial charge in [0.05, 0.1) is 19.6 Å². The van der Waals surface area contributed by atoms with Crippen molar-refractivity contribution >= 4 is 17.3 Å². The minimum atomic E-state index is 0.671. The van der Waals surface area contributed by atoms with Crippen LogP contribution in [0.15, 0.2) is 0 Å². The Hall–Kier alpha value is -0.350. The second kappa shape index (κ2) is 5.33. The van der Waals surface area contributed by atoms with Crippen LogP contribution in [0.3, 0.4) is 0 Å². The molecule has 0 spiro atoms. The molecular formula is C14H26N3S+. The molecule has 0 amide bonds. The molecule has 102 valence electrons. The van der Waals surface area contributed by atoms with Crippen molar-refractivity contribution in [1.29, 1.82) is 0 Å². The molecule has 3 N–H and O–H groups in total. The van der Waals surface area contributed by atoms with Gasteiger partial charge in [-0.1, -0.05) is 6.92 Å². The van der Waals surface area contributed by atoms with Gasteiger partial charge >= 0.3 is 0 Å². The molecule has 4 atom stereocenters. The van der Waals surface area contributed by atoms with Crippen molar-refractivity contribution < 1.29 is 4.90 Å². The molecule has 1 saturated carbocycles. The maximum Gasteiger partial charge on any atom is 0.166 e. The molecular weight excluding hydrogens is 242 g/mol. The molecule has 3 aliphatic heterocycles. The number of piperidine rings is 3. The second-order valence-electron chi connectivity index (χ2n) is 6.39. The minimum Gasteiger partial charge on any atom is -0.360 e. The number of rotatable bonds is 4. The number of hydrogen-bond donors (Lipinski definition) is 3. The van der Waals surface area contributed by atoms with E-state index in [1.165, 1.54) is 45.2 Å². The molecule has 4 heteroatoms. The molecule has 0 aromatic heterocycles. The van der Waals surface area contributed by atoms with Crippen molar-refractivity contribution in [2.24, 2.45) is 11.8 Å². The largest absolute Gasteiger partial charge is 0.360 e. The quantitative estimate of drug-likeness (QED) is 0.641. The van der Waals surface area contributed by atoms with Crippen molar-refractivity contribution in [2.75, 3.05) is 19.6 Å². The van der Waals surface area contributed by atoms with E-state index in [1.807, 2.05) is 4.90 Å². The van der Waals surface area contributed by atoms with E-state index in [1.54, 1.807) is 0 Å². The fraction of sp³-hybridized carbons (Fsp3) is 0.929. The first-order valence-corrected chi connectivity index (χ1v) is 8.06. The van der Waals surface area contributed by atoms with Gasteiger partial charge in [-0.25, -0.2) is 0 Å². The van der Waals surface area contributed by atoms with Crippen LogP contribution in [-0.2, 0) is 0 Å². The molecule has 4 fully saturated rings. The average molecular weight is 268 g/mol. The van der Waals surface area contributed by atoms with Gasteiger partial charge in [-0.3, -0.25) is 0 Å². The van der Waals surface area contributed by atoms with Crippen LogP contribution in [0.25, 0.3) is 0 Å². The fourth-order valence-electron chi connectivity index (χ4n) is 3.81. The SMILES string of the molecule is CC[C@H]1C[NH+]2CC[C@H]1C[C@@H]2CNC(=S)NC1CC1. The Labute approximate surface area is 116 Å². The summed E-state index contributed by atoms with van der Waals surface area (Å²) in [7, 11) is 0. The first-order chi connectivity index (χ1) is 8.76. The molecule has 3 saturated heterocycles. The molecule has 3 nitrogen and oxygen atoms in total. The van der Waals surface area contributed by atoms with Gasteiger partial charge in [0.15, 0.2) is 5.11 Å². The molecule has 1 aliphatic carbocycles. The summed E-state index contributed by atoms with van der Waals surface area (Å²) in [6, 6.07) is 1.47. The van der Waals surface area contributed by atoms with Crippen LogP contribution in [0.2, 0.25) is 0 Å². The summed E-state index contributed by atoms with van der Waals surface area (Å²) in [5.74, 6) is 1.98. The molecule has 0 aromatic rings. The summed E-state index contributed by atoms with van der Waals surface area (Å²) in [5.41, 5.74) is 0. The van der Waals surface area contributed by atoms with E-state index in [0.29, 0.717) is 6.04 Å². The zero-order valence-corrected chi connectivity index (χ0v) is 12.2. The van der Waals surface area contributed by atoms with Crippen molar-refractivity contribution in [3.8, 4) is 0 Å². The Balaban J connectivity index is 1.44. The van der Waals surface area contributed by atoms with Gasteiger partial charge < -0.3 is 15.5 Å². The molecule has 3 heterocycles. The third-order valence-corrected chi connectivity index (χ3v) is 5.40. The van der Waals surface area contributed by atoms with Gasteiger partial charge in [0.1, 0.15) is 6.04 Å². The van der Waals surface area contributed by atoms with Crippen LogP contribution in [0.5, 0.6) is 0 Å². The van der Waals surface area contributed by atoms with Crippen molar-refractivity contribution in [3.63, 3.8) is 0 Å². The van der Waals surface area contributed by atoms with Gasteiger partial charge in [0.2, 0.25) is 0 Å². The zero-order valence-electron chi connectivity index (χ0n) is 11.4. The molecule has 2 bridgehead atoms. The monoisotopic (exact) mass is 268 g/mol. The van der Waals surface area contributed by atoms with Gasteiger partial charge in [-0.15, -0.1) is 0 Å². The van der Waals surface area contributed by atoms with Crippen molar-refractivity contribution in [1.82, 2.24) is 10.6 Å². The Morgan fingerprint density at radius 2 is 2.17 bits per heavy atom. The third kappa shape index (κ3) is 2.80. The van der Waals surface area contributed by atoms with Gasteiger partial charge in [0, 0.05) is 24.8 Å². The summed E-state index contributed by atoms with van der Waals surface area (Å²) >= 11 is 5.34. The summed E-state index contributed by atoms with van der Waals surface area (Å²) in [5, 5.41) is 7.69. The molecule has 4 rings (SSSR count). The highest BCUT2D eigenvalue weighted by Crippen LogP contribution is 2.28. The molecule has 0 aromatic carbocycles. The predicted molar refractivity (Wildman–Crippen MR) is 77.7 cm³/mol.